The summed E-state index contributed by atoms with van der Waals surface area (Å²) in [6.07, 6.45) is 2.63. The second kappa shape index (κ2) is 8.37. The van der Waals surface area contributed by atoms with E-state index in [0.29, 0.717) is 20.2 Å². The van der Waals surface area contributed by atoms with E-state index in [-0.39, 0.29) is 5.02 Å². The lowest BCUT2D eigenvalue weighted by molar-refractivity contribution is -0.142. The molecule has 0 saturated heterocycles. The second-order valence-corrected chi connectivity index (χ2v) is 6.08. The van der Waals surface area contributed by atoms with E-state index >= 15 is 0 Å². The highest BCUT2D eigenvalue weighted by Crippen LogP contribution is 2.29. The molecule has 0 aliphatic rings. The summed E-state index contributed by atoms with van der Waals surface area (Å²) < 4.78 is 10.8. The smallest absolute Gasteiger partial charge is 0.331 e. The average molecular weight is 466 g/mol. The Labute approximate surface area is 155 Å². The van der Waals surface area contributed by atoms with Crippen LogP contribution in [0.3, 0.4) is 0 Å². The van der Waals surface area contributed by atoms with Crippen LogP contribution in [0.5, 0.6) is 0 Å². The van der Waals surface area contributed by atoms with Crippen molar-refractivity contribution in [1.82, 2.24) is 0 Å². The van der Waals surface area contributed by atoms with Crippen LogP contribution in [0.1, 0.15) is 5.76 Å². The van der Waals surface area contributed by atoms with Crippen LogP contribution in [0, 0.1) is 3.77 Å². The fourth-order valence-corrected chi connectivity index (χ4v) is 2.32. The van der Waals surface area contributed by atoms with E-state index in [0.717, 1.165) is 0 Å². The Hall–Kier alpha value is -1.51. The highest BCUT2D eigenvalue weighted by atomic mass is 127. The Kier molecular flexibility index (Phi) is 6.49. The normalized spacial score (nSPS) is 10.7. The van der Waals surface area contributed by atoms with Crippen LogP contribution >= 0.6 is 45.8 Å². The predicted octanol–water partition coefficient (Wildman–Crippen LogP) is 4.39. The van der Waals surface area contributed by atoms with Crippen molar-refractivity contribution >= 4 is 69.4 Å². The molecular formula is C15H10Cl2INO4. The maximum atomic E-state index is 11.7. The van der Waals surface area contributed by atoms with E-state index in [4.69, 9.17) is 32.4 Å². The lowest BCUT2D eigenvalue weighted by atomic mass is 10.3. The van der Waals surface area contributed by atoms with Crippen LogP contribution in [0.25, 0.3) is 6.08 Å². The van der Waals surface area contributed by atoms with Gasteiger partial charge in [-0.15, -0.1) is 0 Å². The van der Waals surface area contributed by atoms with Crippen LogP contribution in [0.4, 0.5) is 5.69 Å². The molecule has 0 aliphatic heterocycles. The van der Waals surface area contributed by atoms with E-state index in [2.05, 4.69) is 5.32 Å². The molecule has 8 heteroatoms. The number of carbonyl (C=O) groups excluding carboxylic acids is 2. The Morgan fingerprint density at radius 3 is 2.74 bits per heavy atom. The number of furan rings is 1. The molecule has 5 nitrogen and oxygen atoms in total. The first-order valence-corrected chi connectivity index (χ1v) is 8.13. The number of nitrogens with one attached hydrogen (secondary N) is 1. The first kappa shape index (κ1) is 17.8. The Balaban J connectivity index is 1.83. The molecule has 0 radical (unpaired) electrons. The van der Waals surface area contributed by atoms with E-state index in [9.17, 15) is 9.59 Å². The molecule has 2 aromatic rings. The number of ether oxygens (including phenoxy) is 1. The summed E-state index contributed by atoms with van der Waals surface area (Å²) in [5.41, 5.74) is 0.348. The molecule has 1 aromatic heterocycles. The molecular weight excluding hydrogens is 456 g/mol. The molecule has 1 amide bonds. The number of hydrogen-bond acceptors (Lipinski definition) is 4. The van der Waals surface area contributed by atoms with Gasteiger partial charge in [0.05, 0.1) is 15.7 Å². The maximum absolute atomic E-state index is 11.7. The predicted molar refractivity (Wildman–Crippen MR) is 96.5 cm³/mol. The highest BCUT2D eigenvalue weighted by molar-refractivity contribution is 14.1. The van der Waals surface area contributed by atoms with Crippen molar-refractivity contribution in [3.05, 3.63) is 56.0 Å². The van der Waals surface area contributed by atoms with Gasteiger partial charge in [0.1, 0.15) is 5.76 Å². The fraction of sp³-hybridized carbons (Fsp3) is 0.0667. The van der Waals surface area contributed by atoms with Gasteiger partial charge in [0, 0.05) is 6.08 Å². The largest absolute Gasteiger partial charge is 0.452 e. The maximum Gasteiger partial charge on any atom is 0.331 e. The molecule has 0 atom stereocenters. The van der Waals surface area contributed by atoms with Gasteiger partial charge in [-0.1, -0.05) is 29.3 Å². The zero-order valence-electron chi connectivity index (χ0n) is 11.5. The van der Waals surface area contributed by atoms with Crippen LogP contribution in [0.2, 0.25) is 10.0 Å². The second-order valence-electron chi connectivity index (χ2n) is 4.23. The molecule has 0 bridgehead atoms. The van der Waals surface area contributed by atoms with Gasteiger partial charge in [0.25, 0.3) is 5.91 Å². The Morgan fingerprint density at radius 1 is 1.26 bits per heavy atom. The molecule has 23 heavy (non-hydrogen) atoms. The number of halogens is 3. The summed E-state index contributed by atoms with van der Waals surface area (Å²) >= 11 is 13.8. The van der Waals surface area contributed by atoms with Crippen LogP contribution < -0.4 is 5.32 Å². The first-order valence-electron chi connectivity index (χ1n) is 6.30. The van der Waals surface area contributed by atoms with E-state index < -0.39 is 18.5 Å². The summed E-state index contributed by atoms with van der Waals surface area (Å²) in [5.74, 6) is -0.672. The zero-order chi connectivity index (χ0) is 16.8. The van der Waals surface area contributed by atoms with Crippen molar-refractivity contribution in [3.63, 3.8) is 0 Å². The van der Waals surface area contributed by atoms with Crippen LogP contribution in [0.15, 0.2) is 40.8 Å². The molecule has 120 valence electrons. The summed E-state index contributed by atoms with van der Waals surface area (Å²) in [5, 5.41) is 3.05. The number of benzene rings is 1. The molecule has 0 spiro atoms. The monoisotopic (exact) mass is 465 g/mol. The minimum absolute atomic E-state index is 0.223. The molecule has 1 N–H and O–H groups in total. The van der Waals surface area contributed by atoms with Crippen molar-refractivity contribution in [2.75, 3.05) is 11.9 Å². The number of rotatable bonds is 5. The van der Waals surface area contributed by atoms with E-state index in [1.807, 2.05) is 22.6 Å². The topological polar surface area (TPSA) is 68.5 Å². The first-order chi connectivity index (χ1) is 11.0. The van der Waals surface area contributed by atoms with Gasteiger partial charge < -0.3 is 14.5 Å². The molecule has 2 rings (SSSR count). The van der Waals surface area contributed by atoms with Crippen molar-refractivity contribution in [3.8, 4) is 0 Å². The van der Waals surface area contributed by atoms with Gasteiger partial charge in [-0.05, 0) is 52.9 Å². The fourth-order valence-electron chi connectivity index (χ4n) is 1.54. The standard InChI is InChI=1S/C15H10Cl2INO4/c16-10-2-1-3-11(15(10)17)19-13(20)8-22-14(21)7-5-9-4-6-12(18)23-9/h1-7H,8H2,(H,19,20)/b7-5+. The van der Waals surface area contributed by atoms with Gasteiger partial charge in [-0.25, -0.2) is 4.79 Å². The van der Waals surface area contributed by atoms with Crippen LogP contribution in [-0.2, 0) is 14.3 Å². The van der Waals surface area contributed by atoms with Crippen molar-refractivity contribution in [2.45, 2.75) is 0 Å². The van der Waals surface area contributed by atoms with Gasteiger partial charge in [-0.3, -0.25) is 4.79 Å². The lowest BCUT2D eigenvalue weighted by Gasteiger charge is -2.07. The third-order valence-corrected chi connectivity index (χ3v) is 3.95. The summed E-state index contributed by atoms with van der Waals surface area (Å²) in [6.45, 7) is -0.443. The molecule has 1 aromatic carbocycles. The quantitative estimate of drug-likeness (QED) is 0.404. The number of esters is 1. The Morgan fingerprint density at radius 2 is 2.04 bits per heavy atom. The zero-order valence-corrected chi connectivity index (χ0v) is 15.2. The SMILES string of the molecule is O=C(COC(=O)/C=C/c1ccc(I)o1)Nc1cccc(Cl)c1Cl. The third kappa shape index (κ3) is 5.56. The number of amides is 1. The molecule has 0 unspecified atom stereocenters. The third-order valence-electron chi connectivity index (χ3n) is 2.55. The summed E-state index contributed by atoms with van der Waals surface area (Å²) in [4.78, 5) is 23.2. The lowest BCUT2D eigenvalue weighted by Crippen LogP contribution is -2.20. The molecule has 0 fully saturated rings. The van der Waals surface area contributed by atoms with Gasteiger partial charge in [0.15, 0.2) is 10.4 Å². The highest BCUT2D eigenvalue weighted by Gasteiger charge is 2.10. The minimum atomic E-state index is -0.663. The summed E-state index contributed by atoms with van der Waals surface area (Å²) in [6, 6.07) is 8.29. The number of hydrogen-bond donors (Lipinski definition) is 1. The number of anilines is 1. The van der Waals surface area contributed by atoms with Crippen molar-refractivity contribution < 1.29 is 18.7 Å². The molecule has 1 heterocycles. The van der Waals surface area contributed by atoms with Gasteiger partial charge in [-0.2, -0.15) is 0 Å². The van der Waals surface area contributed by atoms with Gasteiger partial charge in [0.2, 0.25) is 0 Å². The minimum Gasteiger partial charge on any atom is -0.452 e. The average Bonchev–Trinajstić information content (AvgIpc) is 2.93. The molecule has 0 saturated carbocycles. The van der Waals surface area contributed by atoms with Crippen molar-refractivity contribution in [1.29, 1.82) is 0 Å². The van der Waals surface area contributed by atoms with Crippen molar-refractivity contribution in [2.24, 2.45) is 0 Å². The Bertz CT molecular complexity index is 758. The molecule has 0 aliphatic carbocycles. The summed E-state index contributed by atoms with van der Waals surface area (Å²) in [7, 11) is 0. The van der Waals surface area contributed by atoms with E-state index in [1.165, 1.54) is 12.2 Å². The van der Waals surface area contributed by atoms with Crippen LogP contribution in [-0.4, -0.2) is 18.5 Å². The van der Waals surface area contributed by atoms with Gasteiger partial charge >= 0.3 is 5.97 Å². The number of carbonyl (C=O) groups is 2. The van der Waals surface area contributed by atoms with E-state index in [1.54, 1.807) is 30.3 Å².